The molecular formula is C15H22N2O3. The van der Waals surface area contributed by atoms with Crippen LogP contribution in [-0.4, -0.2) is 34.1 Å². The number of rotatable bonds is 5. The number of aliphatic hydroxyl groups is 1. The Balaban J connectivity index is 2.11. The van der Waals surface area contributed by atoms with Crippen LogP contribution in [0.3, 0.4) is 0 Å². The van der Waals surface area contributed by atoms with Gasteiger partial charge in [-0.05, 0) is 38.3 Å². The van der Waals surface area contributed by atoms with E-state index in [9.17, 15) is 10.1 Å². The second-order valence-electron chi connectivity index (χ2n) is 5.51. The van der Waals surface area contributed by atoms with Gasteiger partial charge in [0.25, 0.3) is 5.69 Å². The molecule has 0 amide bonds. The summed E-state index contributed by atoms with van der Waals surface area (Å²) in [4.78, 5) is 13.0. The molecular weight excluding hydrogens is 256 g/mol. The van der Waals surface area contributed by atoms with Crippen molar-refractivity contribution in [3.63, 3.8) is 0 Å². The number of aryl methyl sites for hydroxylation is 1. The number of benzene rings is 1. The van der Waals surface area contributed by atoms with Crippen LogP contribution in [-0.2, 0) is 6.54 Å². The lowest BCUT2D eigenvalue weighted by Gasteiger charge is -2.35. The van der Waals surface area contributed by atoms with Gasteiger partial charge in [-0.3, -0.25) is 15.0 Å². The summed E-state index contributed by atoms with van der Waals surface area (Å²) in [5, 5.41) is 20.1. The van der Waals surface area contributed by atoms with Crippen LogP contribution in [0.15, 0.2) is 18.2 Å². The molecule has 1 saturated heterocycles. The summed E-state index contributed by atoms with van der Waals surface area (Å²) in [5.41, 5.74) is 1.87. The molecule has 5 heteroatoms. The summed E-state index contributed by atoms with van der Waals surface area (Å²) in [6.45, 7) is 3.70. The van der Waals surface area contributed by atoms with E-state index >= 15 is 0 Å². The molecule has 1 aliphatic rings. The number of nitro benzene ring substituents is 1. The standard InChI is InChI=1S/C15H22N2O3/c1-12-5-6-13(10-15(12)17(19)20)11-16-8-3-2-4-14(16)7-9-18/h5-6,10,14,18H,2-4,7-9,11H2,1H3. The minimum absolute atomic E-state index is 0.193. The first kappa shape index (κ1) is 14.9. The average Bonchev–Trinajstić information content (AvgIpc) is 2.43. The molecule has 1 heterocycles. The molecule has 0 aromatic heterocycles. The van der Waals surface area contributed by atoms with Gasteiger partial charge in [-0.15, -0.1) is 0 Å². The van der Waals surface area contributed by atoms with Crippen molar-refractivity contribution in [3.8, 4) is 0 Å². The van der Waals surface area contributed by atoms with Crippen LogP contribution in [0.4, 0.5) is 5.69 Å². The summed E-state index contributed by atoms with van der Waals surface area (Å²) in [5.74, 6) is 0. The van der Waals surface area contributed by atoms with Crippen molar-refractivity contribution in [3.05, 3.63) is 39.4 Å². The van der Waals surface area contributed by atoms with E-state index in [0.29, 0.717) is 11.6 Å². The highest BCUT2D eigenvalue weighted by atomic mass is 16.6. The van der Waals surface area contributed by atoms with Gasteiger partial charge in [-0.2, -0.15) is 0 Å². The molecule has 0 radical (unpaired) electrons. The Bertz CT molecular complexity index is 474. The first-order chi connectivity index (χ1) is 9.61. The molecule has 0 saturated carbocycles. The highest BCUT2D eigenvalue weighted by molar-refractivity contribution is 5.42. The Labute approximate surface area is 119 Å². The number of piperidine rings is 1. The quantitative estimate of drug-likeness (QED) is 0.664. The van der Waals surface area contributed by atoms with E-state index in [1.54, 1.807) is 13.0 Å². The summed E-state index contributed by atoms with van der Waals surface area (Å²) in [7, 11) is 0. The van der Waals surface area contributed by atoms with E-state index < -0.39 is 0 Å². The number of hydrogen-bond acceptors (Lipinski definition) is 4. The Morgan fingerprint density at radius 2 is 2.25 bits per heavy atom. The highest BCUT2D eigenvalue weighted by Crippen LogP contribution is 2.24. The summed E-state index contributed by atoms with van der Waals surface area (Å²) in [6, 6.07) is 5.86. The van der Waals surface area contributed by atoms with Crippen LogP contribution < -0.4 is 0 Å². The van der Waals surface area contributed by atoms with Crippen LogP contribution in [0.25, 0.3) is 0 Å². The van der Waals surface area contributed by atoms with Crippen molar-refractivity contribution >= 4 is 5.69 Å². The fourth-order valence-electron chi connectivity index (χ4n) is 2.93. The Hall–Kier alpha value is -1.46. The molecule has 1 aromatic rings. The molecule has 1 fully saturated rings. The van der Waals surface area contributed by atoms with E-state index in [-0.39, 0.29) is 17.2 Å². The Kier molecular flexibility index (Phi) is 5.09. The zero-order chi connectivity index (χ0) is 14.5. The first-order valence-electron chi connectivity index (χ1n) is 7.20. The molecule has 1 aliphatic heterocycles. The third kappa shape index (κ3) is 3.55. The molecule has 0 spiro atoms. The summed E-state index contributed by atoms with van der Waals surface area (Å²) < 4.78 is 0. The lowest BCUT2D eigenvalue weighted by molar-refractivity contribution is -0.385. The number of aliphatic hydroxyl groups excluding tert-OH is 1. The molecule has 5 nitrogen and oxygen atoms in total. The summed E-state index contributed by atoms with van der Waals surface area (Å²) >= 11 is 0. The molecule has 20 heavy (non-hydrogen) atoms. The minimum atomic E-state index is -0.319. The largest absolute Gasteiger partial charge is 0.396 e. The maximum Gasteiger partial charge on any atom is 0.272 e. The molecule has 0 aliphatic carbocycles. The van der Waals surface area contributed by atoms with Gasteiger partial charge in [0.15, 0.2) is 0 Å². The van der Waals surface area contributed by atoms with Gasteiger partial charge in [0.2, 0.25) is 0 Å². The van der Waals surface area contributed by atoms with Crippen LogP contribution in [0, 0.1) is 17.0 Å². The van der Waals surface area contributed by atoms with E-state index in [0.717, 1.165) is 37.9 Å². The van der Waals surface area contributed by atoms with Gasteiger partial charge in [0.1, 0.15) is 0 Å². The second kappa shape index (κ2) is 6.81. The van der Waals surface area contributed by atoms with Crippen molar-refractivity contribution in [2.75, 3.05) is 13.2 Å². The normalized spacial score (nSPS) is 20.0. The zero-order valence-corrected chi connectivity index (χ0v) is 11.9. The monoisotopic (exact) mass is 278 g/mol. The number of nitro groups is 1. The van der Waals surface area contributed by atoms with Gasteiger partial charge in [-0.1, -0.05) is 18.6 Å². The number of hydrogen-bond donors (Lipinski definition) is 1. The van der Waals surface area contributed by atoms with E-state index in [2.05, 4.69) is 4.90 Å². The highest BCUT2D eigenvalue weighted by Gasteiger charge is 2.22. The van der Waals surface area contributed by atoms with Crippen molar-refractivity contribution in [2.24, 2.45) is 0 Å². The molecule has 0 bridgehead atoms. The van der Waals surface area contributed by atoms with Crippen LogP contribution in [0.1, 0.15) is 36.8 Å². The third-order valence-corrected chi connectivity index (χ3v) is 4.07. The average molecular weight is 278 g/mol. The maximum atomic E-state index is 11.0. The lowest BCUT2D eigenvalue weighted by atomic mass is 9.98. The molecule has 1 atom stereocenters. The van der Waals surface area contributed by atoms with Crippen molar-refractivity contribution in [2.45, 2.75) is 45.2 Å². The van der Waals surface area contributed by atoms with E-state index in [1.165, 1.54) is 6.42 Å². The van der Waals surface area contributed by atoms with Crippen molar-refractivity contribution in [1.82, 2.24) is 4.90 Å². The van der Waals surface area contributed by atoms with E-state index in [1.807, 2.05) is 12.1 Å². The minimum Gasteiger partial charge on any atom is -0.396 e. The van der Waals surface area contributed by atoms with Gasteiger partial charge in [0, 0.05) is 30.8 Å². The fourth-order valence-corrected chi connectivity index (χ4v) is 2.93. The Morgan fingerprint density at radius 1 is 1.45 bits per heavy atom. The summed E-state index contributed by atoms with van der Waals surface area (Å²) in [6.07, 6.45) is 4.26. The molecule has 1 unspecified atom stereocenters. The zero-order valence-electron chi connectivity index (χ0n) is 11.9. The van der Waals surface area contributed by atoms with Gasteiger partial charge < -0.3 is 5.11 Å². The predicted molar refractivity (Wildman–Crippen MR) is 77.6 cm³/mol. The molecule has 110 valence electrons. The number of nitrogens with zero attached hydrogens (tertiary/aromatic N) is 2. The van der Waals surface area contributed by atoms with Gasteiger partial charge in [0.05, 0.1) is 4.92 Å². The SMILES string of the molecule is Cc1ccc(CN2CCCCC2CCO)cc1[N+](=O)[O-]. The number of likely N-dealkylation sites (tertiary alicyclic amines) is 1. The van der Waals surface area contributed by atoms with Crippen molar-refractivity contribution < 1.29 is 10.0 Å². The Morgan fingerprint density at radius 3 is 2.95 bits per heavy atom. The third-order valence-electron chi connectivity index (χ3n) is 4.07. The van der Waals surface area contributed by atoms with Crippen LogP contribution >= 0.6 is 0 Å². The smallest absolute Gasteiger partial charge is 0.272 e. The molecule has 2 rings (SSSR count). The van der Waals surface area contributed by atoms with Crippen molar-refractivity contribution in [1.29, 1.82) is 0 Å². The molecule has 1 N–H and O–H groups in total. The molecule has 1 aromatic carbocycles. The maximum absolute atomic E-state index is 11.0. The van der Waals surface area contributed by atoms with Gasteiger partial charge in [-0.25, -0.2) is 0 Å². The second-order valence-corrected chi connectivity index (χ2v) is 5.51. The van der Waals surface area contributed by atoms with E-state index in [4.69, 9.17) is 5.11 Å². The first-order valence-corrected chi connectivity index (χ1v) is 7.20. The fraction of sp³-hybridized carbons (Fsp3) is 0.600. The predicted octanol–water partition coefficient (Wildman–Crippen LogP) is 2.64. The lowest BCUT2D eigenvalue weighted by Crippen LogP contribution is -2.39. The van der Waals surface area contributed by atoms with Crippen LogP contribution in [0.5, 0.6) is 0 Å². The van der Waals surface area contributed by atoms with Gasteiger partial charge >= 0.3 is 0 Å². The van der Waals surface area contributed by atoms with Crippen LogP contribution in [0.2, 0.25) is 0 Å². The topological polar surface area (TPSA) is 66.6 Å².